The highest BCUT2D eigenvalue weighted by molar-refractivity contribution is 7.19. The fourth-order valence-corrected chi connectivity index (χ4v) is 4.11. The first-order chi connectivity index (χ1) is 11.9. The maximum atomic E-state index is 4.65. The maximum Gasteiger partial charge on any atom is 0.117 e. The van der Waals surface area contributed by atoms with Crippen molar-refractivity contribution in [2.75, 3.05) is 13.1 Å². The molecule has 0 aliphatic carbocycles. The van der Waals surface area contributed by atoms with E-state index in [9.17, 15) is 0 Å². The Morgan fingerprint density at radius 2 is 1.71 bits per heavy atom. The molecule has 2 aromatic carbocycles. The van der Waals surface area contributed by atoms with E-state index in [-0.39, 0.29) is 0 Å². The lowest BCUT2D eigenvalue weighted by atomic mass is 10.1. The van der Waals surface area contributed by atoms with Gasteiger partial charge in [0.2, 0.25) is 0 Å². The largest absolute Gasteiger partial charge is 0.299 e. The minimum absolute atomic E-state index is 1.06. The summed E-state index contributed by atoms with van der Waals surface area (Å²) in [7, 11) is 0. The molecule has 3 heteroatoms. The molecule has 0 N–H and O–H groups in total. The summed E-state index contributed by atoms with van der Waals surface area (Å²) in [6, 6.07) is 17.2. The molecule has 0 bridgehead atoms. The van der Waals surface area contributed by atoms with Gasteiger partial charge in [0.25, 0.3) is 0 Å². The Morgan fingerprint density at radius 3 is 2.50 bits per heavy atom. The first kappa shape index (κ1) is 15.6. The van der Waals surface area contributed by atoms with E-state index in [2.05, 4.69) is 64.5 Å². The number of rotatable bonds is 4. The van der Waals surface area contributed by atoms with Gasteiger partial charge in [0.15, 0.2) is 0 Å². The van der Waals surface area contributed by atoms with Gasteiger partial charge in [-0.3, -0.25) is 4.90 Å². The van der Waals surface area contributed by atoms with Gasteiger partial charge >= 0.3 is 0 Å². The fraction of sp³-hybridized carbons (Fsp3) is 0.286. The maximum absolute atomic E-state index is 4.65. The lowest BCUT2D eigenvalue weighted by Crippen LogP contribution is -2.28. The van der Waals surface area contributed by atoms with E-state index in [1.54, 1.807) is 11.3 Å². The number of nitrogens with zero attached hydrogens (tertiary/aromatic N) is 2. The highest BCUT2D eigenvalue weighted by Gasteiger charge is 2.09. The van der Waals surface area contributed by atoms with Crippen molar-refractivity contribution < 1.29 is 0 Å². The van der Waals surface area contributed by atoms with Gasteiger partial charge in [0, 0.05) is 6.54 Å². The van der Waals surface area contributed by atoms with Gasteiger partial charge in [-0.15, -0.1) is 11.3 Å². The summed E-state index contributed by atoms with van der Waals surface area (Å²) in [5, 5.41) is 1.06. The van der Waals surface area contributed by atoms with Crippen LogP contribution in [0.1, 0.15) is 35.4 Å². The molecule has 1 aromatic heterocycles. The lowest BCUT2D eigenvalue weighted by Gasteiger charge is -2.26. The van der Waals surface area contributed by atoms with Gasteiger partial charge in [-0.25, -0.2) is 4.98 Å². The fourth-order valence-electron chi connectivity index (χ4n) is 3.24. The Balaban J connectivity index is 1.42. The van der Waals surface area contributed by atoms with Crippen molar-refractivity contribution in [1.29, 1.82) is 0 Å². The summed E-state index contributed by atoms with van der Waals surface area (Å²) in [5.74, 6) is 0. The molecule has 1 aliphatic heterocycles. The van der Waals surface area contributed by atoms with E-state index in [0.29, 0.717) is 0 Å². The number of hydrogen-bond acceptors (Lipinski definition) is 3. The Morgan fingerprint density at radius 1 is 0.917 bits per heavy atom. The molecule has 1 fully saturated rings. The molecule has 0 unspecified atom stereocenters. The van der Waals surface area contributed by atoms with Crippen molar-refractivity contribution in [3.05, 3.63) is 64.7 Å². The normalized spacial score (nSPS) is 16.2. The van der Waals surface area contributed by atoms with Crippen LogP contribution < -0.4 is 0 Å². The van der Waals surface area contributed by atoms with Gasteiger partial charge in [-0.05, 0) is 55.3 Å². The average molecular weight is 334 g/mol. The highest BCUT2D eigenvalue weighted by atomic mass is 32.1. The third kappa shape index (κ3) is 3.74. The van der Waals surface area contributed by atoms with Gasteiger partial charge < -0.3 is 0 Å². The van der Waals surface area contributed by atoms with Crippen molar-refractivity contribution >= 4 is 33.7 Å². The molecular formula is C21H22N2S. The highest BCUT2D eigenvalue weighted by Crippen LogP contribution is 2.23. The summed E-state index contributed by atoms with van der Waals surface area (Å²) >= 11 is 1.74. The van der Waals surface area contributed by atoms with Crippen LogP contribution in [0.25, 0.3) is 22.4 Å². The molecule has 1 aliphatic rings. The molecule has 1 saturated heterocycles. The SMILES string of the molecule is C(=Cc1nc2ccccc2s1)c1ccc(CN2CCCCC2)cc1. The zero-order valence-corrected chi connectivity index (χ0v) is 14.6. The number of thiazole rings is 1. The van der Waals surface area contributed by atoms with Gasteiger partial charge in [0.05, 0.1) is 10.2 Å². The first-order valence-electron chi connectivity index (χ1n) is 8.72. The summed E-state index contributed by atoms with van der Waals surface area (Å²) < 4.78 is 1.24. The van der Waals surface area contributed by atoms with Crippen molar-refractivity contribution in [3.8, 4) is 0 Å². The van der Waals surface area contributed by atoms with Crippen molar-refractivity contribution in [2.45, 2.75) is 25.8 Å². The molecule has 2 heterocycles. The van der Waals surface area contributed by atoms with E-state index in [1.807, 2.05) is 6.07 Å². The lowest BCUT2D eigenvalue weighted by molar-refractivity contribution is 0.221. The topological polar surface area (TPSA) is 16.1 Å². The van der Waals surface area contributed by atoms with Crippen molar-refractivity contribution in [1.82, 2.24) is 9.88 Å². The first-order valence-corrected chi connectivity index (χ1v) is 9.53. The van der Waals surface area contributed by atoms with E-state index in [0.717, 1.165) is 17.1 Å². The predicted molar refractivity (Wildman–Crippen MR) is 104 cm³/mol. The van der Waals surface area contributed by atoms with Crippen LogP contribution in [0.4, 0.5) is 0 Å². The molecule has 4 rings (SSSR count). The number of aromatic nitrogens is 1. The Kier molecular flexibility index (Phi) is 4.72. The molecule has 0 atom stereocenters. The van der Waals surface area contributed by atoms with Crippen LogP contribution in [0.5, 0.6) is 0 Å². The number of fused-ring (bicyclic) bond motifs is 1. The third-order valence-electron chi connectivity index (χ3n) is 4.56. The van der Waals surface area contributed by atoms with Crippen molar-refractivity contribution in [3.63, 3.8) is 0 Å². The predicted octanol–water partition coefficient (Wildman–Crippen LogP) is 5.45. The quantitative estimate of drug-likeness (QED) is 0.630. The van der Waals surface area contributed by atoms with Crippen LogP contribution in [-0.2, 0) is 6.54 Å². The van der Waals surface area contributed by atoms with Gasteiger partial charge in [-0.2, -0.15) is 0 Å². The second-order valence-corrected chi connectivity index (χ2v) is 7.49. The standard InChI is InChI=1S/C21H22N2S/c1-4-14-23(15-5-1)16-18-10-8-17(9-11-18)12-13-21-22-19-6-2-3-7-20(19)24-21/h2-3,6-13H,1,4-5,14-16H2. The summed E-state index contributed by atoms with van der Waals surface area (Å²) in [4.78, 5) is 7.21. The van der Waals surface area contributed by atoms with E-state index >= 15 is 0 Å². The van der Waals surface area contributed by atoms with Gasteiger partial charge in [-0.1, -0.05) is 48.9 Å². The molecule has 0 saturated carbocycles. The zero-order valence-electron chi connectivity index (χ0n) is 13.8. The van der Waals surface area contributed by atoms with E-state index < -0.39 is 0 Å². The van der Waals surface area contributed by atoms with E-state index in [1.165, 1.54) is 48.2 Å². The molecule has 0 amide bonds. The number of para-hydroxylation sites is 1. The number of likely N-dealkylation sites (tertiary alicyclic amines) is 1. The molecular weight excluding hydrogens is 312 g/mol. The molecule has 3 aromatic rings. The smallest absolute Gasteiger partial charge is 0.117 e. The number of hydrogen-bond donors (Lipinski definition) is 0. The zero-order chi connectivity index (χ0) is 16.2. The average Bonchev–Trinajstić information content (AvgIpc) is 3.05. The van der Waals surface area contributed by atoms with Crippen LogP contribution >= 0.6 is 11.3 Å². The Hall–Kier alpha value is -1.97. The van der Waals surface area contributed by atoms with Crippen LogP contribution in [0.3, 0.4) is 0 Å². The Labute approximate surface area is 147 Å². The summed E-state index contributed by atoms with van der Waals surface area (Å²) in [6.07, 6.45) is 8.37. The second kappa shape index (κ2) is 7.29. The number of piperidine rings is 1. The van der Waals surface area contributed by atoms with Crippen molar-refractivity contribution in [2.24, 2.45) is 0 Å². The summed E-state index contributed by atoms with van der Waals surface area (Å²) in [5.41, 5.74) is 3.73. The second-order valence-electron chi connectivity index (χ2n) is 6.43. The molecule has 2 nitrogen and oxygen atoms in total. The third-order valence-corrected chi connectivity index (χ3v) is 5.57. The van der Waals surface area contributed by atoms with E-state index in [4.69, 9.17) is 0 Å². The molecule has 122 valence electrons. The molecule has 24 heavy (non-hydrogen) atoms. The summed E-state index contributed by atoms with van der Waals surface area (Å²) in [6.45, 7) is 3.58. The molecule has 0 radical (unpaired) electrons. The van der Waals surface area contributed by atoms with Crippen LogP contribution in [-0.4, -0.2) is 23.0 Å². The van der Waals surface area contributed by atoms with Crippen LogP contribution in [0, 0.1) is 0 Å². The minimum atomic E-state index is 1.06. The monoisotopic (exact) mass is 334 g/mol. The van der Waals surface area contributed by atoms with Gasteiger partial charge in [0.1, 0.15) is 5.01 Å². The van der Waals surface area contributed by atoms with Crippen LogP contribution in [0.15, 0.2) is 48.5 Å². The minimum Gasteiger partial charge on any atom is -0.299 e. The Bertz CT molecular complexity index is 793. The number of benzene rings is 2. The molecule has 0 spiro atoms. The van der Waals surface area contributed by atoms with Crippen LogP contribution in [0.2, 0.25) is 0 Å².